The van der Waals surface area contributed by atoms with Crippen LogP contribution in [0.15, 0.2) is 18.2 Å². The Bertz CT molecular complexity index is 635. The molecule has 6 nitrogen and oxygen atoms in total. The van der Waals surface area contributed by atoms with Crippen LogP contribution < -0.4 is 10.6 Å². The largest absolute Gasteiger partial charge is 0.376 e. The number of carbonyl (C=O) groups is 2. The van der Waals surface area contributed by atoms with Gasteiger partial charge in [-0.3, -0.25) is 4.79 Å². The minimum atomic E-state index is -0.246. The standard InChI is InChI=1S/C19H27N3O3/c1-13-12-15(18(23)22-9-3-4-10-22)7-8-16(13)21-19(24)20-14(2)17-6-5-11-25-17/h7-8,12,14,17H,3-6,9-11H2,1-2H3,(H2,20,21,24)/t14-,17+/m1/s1. The molecule has 3 rings (SSSR count). The van der Waals surface area contributed by atoms with Crippen molar-refractivity contribution in [1.29, 1.82) is 0 Å². The molecule has 2 fully saturated rings. The lowest BCUT2D eigenvalue weighted by Gasteiger charge is -2.21. The zero-order chi connectivity index (χ0) is 17.8. The SMILES string of the molecule is Cc1cc(C(=O)N2CCCC2)ccc1NC(=O)N[C@H](C)[C@@H]1CCCO1. The molecule has 1 aromatic rings. The summed E-state index contributed by atoms with van der Waals surface area (Å²) < 4.78 is 5.60. The molecule has 0 bridgehead atoms. The number of benzene rings is 1. The molecule has 3 amide bonds. The average molecular weight is 345 g/mol. The third kappa shape index (κ3) is 4.31. The summed E-state index contributed by atoms with van der Waals surface area (Å²) in [6.45, 7) is 6.30. The summed E-state index contributed by atoms with van der Waals surface area (Å²) in [5.41, 5.74) is 2.28. The molecule has 6 heteroatoms. The molecular formula is C19H27N3O3. The number of urea groups is 1. The smallest absolute Gasteiger partial charge is 0.319 e. The third-order valence-corrected chi connectivity index (χ3v) is 5.00. The van der Waals surface area contributed by atoms with Gasteiger partial charge in [0.05, 0.1) is 12.1 Å². The zero-order valence-corrected chi connectivity index (χ0v) is 15.0. The molecule has 2 saturated heterocycles. The lowest BCUT2D eigenvalue weighted by molar-refractivity contribution is 0.0792. The first-order chi connectivity index (χ1) is 12.0. The molecule has 2 aliphatic heterocycles. The molecule has 0 radical (unpaired) electrons. The number of hydrogen-bond acceptors (Lipinski definition) is 3. The van der Waals surface area contributed by atoms with E-state index in [0.717, 1.165) is 56.6 Å². The summed E-state index contributed by atoms with van der Waals surface area (Å²) in [4.78, 5) is 26.5. The fourth-order valence-corrected chi connectivity index (χ4v) is 3.49. The maximum absolute atomic E-state index is 12.4. The van der Waals surface area contributed by atoms with E-state index in [9.17, 15) is 9.59 Å². The summed E-state index contributed by atoms with van der Waals surface area (Å²) in [6.07, 6.45) is 4.27. The Labute approximate surface area is 148 Å². The second-order valence-electron chi connectivity index (χ2n) is 6.97. The van der Waals surface area contributed by atoms with E-state index in [1.54, 1.807) is 12.1 Å². The zero-order valence-electron chi connectivity index (χ0n) is 15.0. The van der Waals surface area contributed by atoms with Gasteiger partial charge >= 0.3 is 6.03 Å². The predicted molar refractivity (Wildman–Crippen MR) is 96.9 cm³/mol. The van der Waals surface area contributed by atoms with Crippen molar-refractivity contribution in [2.45, 2.75) is 51.7 Å². The van der Waals surface area contributed by atoms with Gasteiger partial charge in [-0.2, -0.15) is 0 Å². The van der Waals surface area contributed by atoms with E-state index >= 15 is 0 Å². The van der Waals surface area contributed by atoms with Crippen LogP contribution in [0.2, 0.25) is 0 Å². The molecular weight excluding hydrogens is 318 g/mol. The number of anilines is 1. The number of nitrogens with zero attached hydrogens (tertiary/aromatic N) is 1. The Kier molecular flexibility index (Phi) is 5.58. The maximum atomic E-state index is 12.4. The van der Waals surface area contributed by atoms with Crippen molar-refractivity contribution in [3.05, 3.63) is 29.3 Å². The maximum Gasteiger partial charge on any atom is 0.319 e. The van der Waals surface area contributed by atoms with Gasteiger partial charge in [0.1, 0.15) is 0 Å². The highest BCUT2D eigenvalue weighted by Crippen LogP contribution is 2.20. The molecule has 0 unspecified atom stereocenters. The lowest BCUT2D eigenvalue weighted by atomic mass is 10.1. The number of carbonyl (C=O) groups excluding carboxylic acids is 2. The van der Waals surface area contributed by atoms with Crippen LogP contribution in [0.25, 0.3) is 0 Å². The van der Waals surface area contributed by atoms with E-state index in [1.165, 1.54) is 0 Å². The average Bonchev–Trinajstić information content (AvgIpc) is 3.29. The van der Waals surface area contributed by atoms with Gasteiger partial charge in [0.15, 0.2) is 0 Å². The van der Waals surface area contributed by atoms with Crippen LogP contribution in [0.5, 0.6) is 0 Å². The van der Waals surface area contributed by atoms with Gasteiger partial charge in [-0.15, -0.1) is 0 Å². The van der Waals surface area contributed by atoms with Crippen LogP contribution in [0.3, 0.4) is 0 Å². The van der Waals surface area contributed by atoms with Crippen LogP contribution >= 0.6 is 0 Å². The van der Waals surface area contributed by atoms with E-state index < -0.39 is 0 Å². The van der Waals surface area contributed by atoms with Gasteiger partial charge in [-0.1, -0.05) is 0 Å². The first-order valence-electron chi connectivity index (χ1n) is 9.13. The minimum absolute atomic E-state index is 0.0289. The van der Waals surface area contributed by atoms with Gasteiger partial charge in [-0.05, 0) is 63.3 Å². The van der Waals surface area contributed by atoms with Crippen molar-refractivity contribution >= 4 is 17.6 Å². The Hall–Kier alpha value is -2.08. The Balaban J connectivity index is 1.58. The Morgan fingerprint density at radius 3 is 2.64 bits per heavy atom. The van der Waals surface area contributed by atoms with E-state index in [2.05, 4.69) is 10.6 Å². The summed E-state index contributed by atoms with van der Waals surface area (Å²) in [5, 5.41) is 5.80. The van der Waals surface area contributed by atoms with Crippen LogP contribution in [-0.2, 0) is 4.74 Å². The molecule has 136 valence electrons. The highest BCUT2D eigenvalue weighted by Gasteiger charge is 2.24. The van der Waals surface area contributed by atoms with Crippen molar-refractivity contribution in [3.8, 4) is 0 Å². The minimum Gasteiger partial charge on any atom is -0.376 e. The highest BCUT2D eigenvalue weighted by molar-refractivity contribution is 5.96. The van der Waals surface area contributed by atoms with Crippen LogP contribution in [0, 0.1) is 6.92 Å². The Morgan fingerprint density at radius 2 is 2.00 bits per heavy atom. The first kappa shape index (κ1) is 17.7. The highest BCUT2D eigenvalue weighted by atomic mass is 16.5. The van der Waals surface area contributed by atoms with Gasteiger partial charge in [0, 0.05) is 30.9 Å². The number of nitrogens with one attached hydrogen (secondary N) is 2. The van der Waals surface area contributed by atoms with Crippen molar-refractivity contribution in [3.63, 3.8) is 0 Å². The van der Waals surface area contributed by atoms with Crippen molar-refractivity contribution in [2.75, 3.05) is 25.0 Å². The summed E-state index contributed by atoms with van der Waals surface area (Å²) >= 11 is 0. The number of aryl methyl sites for hydroxylation is 1. The molecule has 2 atom stereocenters. The third-order valence-electron chi connectivity index (χ3n) is 5.00. The normalized spacial score (nSPS) is 21.2. The van der Waals surface area contributed by atoms with Gasteiger partial charge in [0.25, 0.3) is 5.91 Å². The number of ether oxygens (including phenoxy) is 1. The topological polar surface area (TPSA) is 70.7 Å². The first-order valence-corrected chi connectivity index (χ1v) is 9.13. The van der Waals surface area contributed by atoms with Crippen LogP contribution in [-0.4, -0.2) is 48.7 Å². The second-order valence-corrected chi connectivity index (χ2v) is 6.97. The van der Waals surface area contributed by atoms with Gasteiger partial charge in [0.2, 0.25) is 0 Å². The van der Waals surface area contributed by atoms with E-state index in [4.69, 9.17) is 4.74 Å². The van der Waals surface area contributed by atoms with Crippen molar-refractivity contribution in [2.24, 2.45) is 0 Å². The monoisotopic (exact) mass is 345 g/mol. The summed E-state index contributed by atoms with van der Waals surface area (Å²) in [7, 11) is 0. The lowest BCUT2D eigenvalue weighted by Crippen LogP contribution is -2.43. The van der Waals surface area contributed by atoms with Gasteiger partial charge in [-0.25, -0.2) is 4.79 Å². The number of amides is 3. The molecule has 2 aliphatic rings. The van der Waals surface area contributed by atoms with E-state index in [-0.39, 0.29) is 24.1 Å². The molecule has 25 heavy (non-hydrogen) atoms. The number of rotatable bonds is 4. The molecule has 0 saturated carbocycles. The van der Waals surface area contributed by atoms with E-state index in [0.29, 0.717) is 5.56 Å². The molecule has 1 aromatic carbocycles. The number of likely N-dealkylation sites (tertiary alicyclic amines) is 1. The van der Waals surface area contributed by atoms with E-state index in [1.807, 2.05) is 24.8 Å². The van der Waals surface area contributed by atoms with Crippen molar-refractivity contribution < 1.29 is 14.3 Å². The Morgan fingerprint density at radius 1 is 1.24 bits per heavy atom. The molecule has 2 N–H and O–H groups in total. The summed E-state index contributed by atoms with van der Waals surface area (Å²) in [5.74, 6) is 0.0728. The van der Waals surface area contributed by atoms with Crippen molar-refractivity contribution in [1.82, 2.24) is 10.2 Å². The summed E-state index contributed by atoms with van der Waals surface area (Å²) in [6, 6.07) is 5.16. The fraction of sp³-hybridized carbons (Fsp3) is 0.579. The quantitative estimate of drug-likeness (QED) is 0.881. The number of hydrogen-bond donors (Lipinski definition) is 2. The second kappa shape index (κ2) is 7.87. The molecule has 0 spiro atoms. The molecule has 0 aromatic heterocycles. The fourth-order valence-electron chi connectivity index (χ4n) is 3.49. The van der Waals surface area contributed by atoms with Crippen LogP contribution in [0.1, 0.15) is 48.5 Å². The predicted octanol–water partition coefficient (Wildman–Crippen LogP) is 2.92. The molecule has 2 heterocycles. The molecule has 0 aliphatic carbocycles. The van der Waals surface area contributed by atoms with Crippen LogP contribution in [0.4, 0.5) is 10.5 Å². The van der Waals surface area contributed by atoms with Gasteiger partial charge < -0.3 is 20.3 Å².